The number of nitrogens with zero attached hydrogens (tertiary/aromatic N) is 2. The molecule has 0 aliphatic carbocycles. The smallest absolute Gasteiger partial charge is 0.119 e. The van der Waals surface area contributed by atoms with E-state index in [0.717, 1.165) is 26.5 Å². The van der Waals surface area contributed by atoms with Gasteiger partial charge in [0.1, 0.15) is 5.03 Å². The second-order valence-corrected chi connectivity index (χ2v) is 6.89. The van der Waals surface area contributed by atoms with Crippen LogP contribution >= 0.6 is 27.7 Å². The summed E-state index contributed by atoms with van der Waals surface area (Å²) in [6, 6.07) is 20.6. The Hall–Kier alpha value is -1.65. The zero-order chi connectivity index (χ0) is 15.4. The first-order chi connectivity index (χ1) is 10.7. The molecule has 1 aromatic heterocycles. The summed E-state index contributed by atoms with van der Waals surface area (Å²) in [5, 5.41) is 9.60. The van der Waals surface area contributed by atoms with Gasteiger partial charge in [0.2, 0.25) is 0 Å². The molecule has 0 aliphatic rings. The lowest BCUT2D eigenvalue weighted by atomic mass is 10.1. The van der Waals surface area contributed by atoms with Gasteiger partial charge in [-0.1, -0.05) is 64.1 Å². The number of aromatic nitrogens is 2. The molecule has 0 amide bonds. The Kier molecular flexibility index (Phi) is 4.90. The first-order valence-electron chi connectivity index (χ1n) is 6.99. The average Bonchev–Trinajstić information content (AvgIpc) is 2.55. The molecule has 110 valence electrons. The van der Waals surface area contributed by atoms with Gasteiger partial charge in [0, 0.05) is 15.8 Å². The highest BCUT2D eigenvalue weighted by molar-refractivity contribution is 9.10. The molecule has 0 N–H and O–H groups in total. The molecule has 3 rings (SSSR count). The van der Waals surface area contributed by atoms with Crippen LogP contribution in [-0.4, -0.2) is 10.2 Å². The zero-order valence-corrected chi connectivity index (χ0v) is 14.6. The molecule has 0 atom stereocenters. The van der Waals surface area contributed by atoms with E-state index in [9.17, 15) is 0 Å². The molecular weight excluding hydrogens is 356 g/mol. The summed E-state index contributed by atoms with van der Waals surface area (Å²) in [6.07, 6.45) is 0. The molecule has 1 heterocycles. The van der Waals surface area contributed by atoms with Crippen molar-refractivity contribution in [1.82, 2.24) is 10.2 Å². The predicted molar refractivity (Wildman–Crippen MR) is 95.9 cm³/mol. The second kappa shape index (κ2) is 7.07. The van der Waals surface area contributed by atoms with Crippen molar-refractivity contribution in [3.05, 3.63) is 76.3 Å². The summed E-state index contributed by atoms with van der Waals surface area (Å²) >= 11 is 5.15. The van der Waals surface area contributed by atoms with Crippen molar-refractivity contribution in [2.75, 3.05) is 0 Å². The Morgan fingerprint density at radius 3 is 2.36 bits per heavy atom. The van der Waals surface area contributed by atoms with E-state index >= 15 is 0 Å². The number of hydrogen-bond acceptors (Lipinski definition) is 3. The third kappa shape index (κ3) is 3.76. The largest absolute Gasteiger partial charge is 0.149 e. The van der Waals surface area contributed by atoms with Crippen molar-refractivity contribution in [3.63, 3.8) is 0 Å². The summed E-state index contributed by atoms with van der Waals surface area (Å²) in [7, 11) is 0. The van der Waals surface area contributed by atoms with Gasteiger partial charge < -0.3 is 0 Å². The summed E-state index contributed by atoms with van der Waals surface area (Å²) in [6.45, 7) is 2.14. The van der Waals surface area contributed by atoms with Crippen LogP contribution in [0.1, 0.15) is 11.1 Å². The van der Waals surface area contributed by atoms with Crippen LogP contribution in [0.2, 0.25) is 0 Å². The molecule has 0 fully saturated rings. The van der Waals surface area contributed by atoms with Crippen LogP contribution in [0.5, 0.6) is 0 Å². The zero-order valence-electron chi connectivity index (χ0n) is 12.2. The van der Waals surface area contributed by atoms with E-state index in [1.807, 2.05) is 36.4 Å². The lowest BCUT2D eigenvalue weighted by Crippen LogP contribution is -1.91. The predicted octanol–water partition coefficient (Wildman–Crippen LogP) is 5.51. The molecule has 4 heteroatoms. The monoisotopic (exact) mass is 370 g/mol. The van der Waals surface area contributed by atoms with Crippen LogP contribution in [-0.2, 0) is 5.75 Å². The van der Waals surface area contributed by atoms with Gasteiger partial charge in [-0.25, -0.2) is 0 Å². The highest BCUT2D eigenvalue weighted by Gasteiger charge is 2.03. The molecule has 0 saturated carbocycles. The van der Waals surface area contributed by atoms with E-state index in [0.29, 0.717) is 0 Å². The Labute approximate surface area is 143 Å². The van der Waals surface area contributed by atoms with Crippen LogP contribution < -0.4 is 0 Å². The van der Waals surface area contributed by atoms with Gasteiger partial charge in [0.05, 0.1) is 5.69 Å². The van der Waals surface area contributed by atoms with Gasteiger partial charge in [-0.2, -0.15) is 0 Å². The van der Waals surface area contributed by atoms with Crippen LogP contribution in [0.25, 0.3) is 11.3 Å². The number of thioether (sulfide) groups is 1. The number of halogens is 1. The maximum Gasteiger partial charge on any atom is 0.119 e. The van der Waals surface area contributed by atoms with Crippen molar-refractivity contribution in [2.24, 2.45) is 0 Å². The minimum absolute atomic E-state index is 0.896. The molecule has 0 unspecified atom stereocenters. The van der Waals surface area contributed by atoms with Gasteiger partial charge in [-0.15, -0.1) is 10.2 Å². The molecular formula is C18H15BrN2S. The number of benzene rings is 2. The third-order valence-electron chi connectivity index (χ3n) is 3.42. The van der Waals surface area contributed by atoms with Crippen molar-refractivity contribution >= 4 is 27.7 Å². The minimum Gasteiger partial charge on any atom is -0.149 e. The fourth-order valence-electron chi connectivity index (χ4n) is 2.10. The quantitative estimate of drug-likeness (QED) is 0.566. The van der Waals surface area contributed by atoms with E-state index in [1.54, 1.807) is 11.8 Å². The van der Waals surface area contributed by atoms with E-state index in [1.165, 1.54) is 11.1 Å². The highest BCUT2D eigenvalue weighted by Crippen LogP contribution is 2.24. The molecule has 0 bridgehead atoms. The Morgan fingerprint density at radius 1 is 0.909 bits per heavy atom. The first kappa shape index (κ1) is 15.3. The normalized spacial score (nSPS) is 10.6. The van der Waals surface area contributed by atoms with Gasteiger partial charge in [0.15, 0.2) is 0 Å². The number of rotatable bonds is 4. The molecule has 2 nitrogen and oxygen atoms in total. The van der Waals surface area contributed by atoms with Crippen molar-refractivity contribution < 1.29 is 0 Å². The van der Waals surface area contributed by atoms with E-state index in [2.05, 4.69) is 57.3 Å². The molecule has 0 saturated heterocycles. The topological polar surface area (TPSA) is 25.8 Å². The second-order valence-electron chi connectivity index (χ2n) is 4.98. The third-order valence-corrected chi connectivity index (χ3v) is 4.91. The summed E-state index contributed by atoms with van der Waals surface area (Å²) < 4.78 is 1.06. The number of aryl methyl sites for hydroxylation is 1. The van der Waals surface area contributed by atoms with Crippen molar-refractivity contribution in [2.45, 2.75) is 17.7 Å². The molecule has 0 aliphatic heterocycles. The first-order valence-corrected chi connectivity index (χ1v) is 8.77. The lowest BCUT2D eigenvalue weighted by Gasteiger charge is -2.05. The van der Waals surface area contributed by atoms with Gasteiger partial charge in [-0.3, -0.25) is 0 Å². The molecule has 0 spiro atoms. The van der Waals surface area contributed by atoms with Gasteiger partial charge in [0.25, 0.3) is 0 Å². The molecule has 0 radical (unpaired) electrons. The van der Waals surface area contributed by atoms with Crippen LogP contribution in [0.3, 0.4) is 0 Å². The maximum absolute atomic E-state index is 4.33. The van der Waals surface area contributed by atoms with Gasteiger partial charge >= 0.3 is 0 Å². The standard InChI is InChI=1S/C18H15BrN2S/c1-13-4-2-3-5-15(13)12-22-18-11-10-17(20-21-18)14-6-8-16(19)9-7-14/h2-11H,12H2,1H3. The SMILES string of the molecule is Cc1ccccc1CSc1ccc(-c2ccc(Br)cc2)nn1. The Balaban J connectivity index is 1.69. The minimum atomic E-state index is 0.896. The average molecular weight is 371 g/mol. The Bertz CT molecular complexity index is 755. The van der Waals surface area contributed by atoms with Crippen molar-refractivity contribution in [3.8, 4) is 11.3 Å². The molecule has 2 aromatic carbocycles. The summed E-state index contributed by atoms with van der Waals surface area (Å²) in [5.74, 6) is 0.916. The summed E-state index contributed by atoms with van der Waals surface area (Å²) in [5.41, 5.74) is 4.62. The van der Waals surface area contributed by atoms with Crippen LogP contribution in [0.15, 0.2) is 70.2 Å². The van der Waals surface area contributed by atoms with E-state index in [-0.39, 0.29) is 0 Å². The number of hydrogen-bond donors (Lipinski definition) is 0. The van der Waals surface area contributed by atoms with E-state index < -0.39 is 0 Å². The van der Waals surface area contributed by atoms with Crippen LogP contribution in [0.4, 0.5) is 0 Å². The maximum atomic E-state index is 4.33. The molecule has 3 aromatic rings. The Morgan fingerprint density at radius 2 is 1.68 bits per heavy atom. The fourth-order valence-corrected chi connectivity index (χ4v) is 3.25. The fraction of sp³-hybridized carbons (Fsp3) is 0.111. The summed E-state index contributed by atoms with van der Waals surface area (Å²) in [4.78, 5) is 0. The molecule has 22 heavy (non-hydrogen) atoms. The van der Waals surface area contributed by atoms with Crippen molar-refractivity contribution in [1.29, 1.82) is 0 Å². The van der Waals surface area contributed by atoms with Crippen LogP contribution in [0, 0.1) is 6.92 Å². The van der Waals surface area contributed by atoms with Gasteiger partial charge in [-0.05, 0) is 42.3 Å². The van der Waals surface area contributed by atoms with E-state index in [4.69, 9.17) is 0 Å². The highest BCUT2D eigenvalue weighted by atomic mass is 79.9. The lowest BCUT2D eigenvalue weighted by molar-refractivity contribution is 0.935.